The highest BCUT2D eigenvalue weighted by Crippen LogP contribution is 2.25. The lowest BCUT2D eigenvalue weighted by molar-refractivity contribution is -0.132. The van der Waals surface area contributed by atoms with E-state index in [9.17, 15) is 4.79 Å². The van der Waals surface area contributed by atoms with Crippen LogP contribution in [0.15, 0.2) is 24.3 Å². The standard InChI is InChI=1S/C18H24N4O2/c1-13-19-18(21-20-13)15-6-4-10-22(12-15)17(23)9-8-14-5-3-7-16(11-14)24-2/h3,5,7,11,15H,4,6,8-10,12H2,1-2H3,(H,19,20,21)/t15-/m0/s1. The number of carbonyl (C=O) groups excluding carboxylic acids is 1. The average molecular weight is 328 g/mol. The fourth-order valence-electron chi connectivity index (χ4n) is 3.19. The number of ether oxygens (including phenoxy) is 1. The van der Waals surface area contributed by atoms with E-state index in [0.29, 0.717) is 13.0 Å². The third-order valence-electron chi connectivity index (χ3n) is 4.52. The first-order chi connectivity index (χ1) is 11.7. The quantitative estimate of drug-likeness (QED) is 0.915. The van der Waals surface area contributed by atoms with E-state index >= 15 is 0 Å². The molecule has 1 N–H and O–H groups in total. The van der Waals surface area contributed by atoms with Crippen LogP contribution >= 0.6 is 0 Å². The van der Waals surface area contributed by atoms with E-state index in [1.807, 2.05) is 36.1 Å². The fourth-order valence-corrected chi connectivity index (χ4v) is 3.19. The summed E-state index contributed by atoms with van der Waals surface area (Å²) in [5.41, 5.74) is 1.13. The first-order valence-electron chi connectivity index (χ1n) is 8.45. The third kappa shape index (κ3) is 3.93. The number of methoxy groups -OCH3 is 1. The molecule has 2 heterocycles. The summed E-state index contributed by atoms with van der Waals surface area (Å²) in [5.74, 6) is 2.93. The van der Waals surface area contributed by atoms with Crippen LogP contribution in [0.2, 0.25) is 0 Å². The number of rotatable bonds is 5. The minimum atomic E-state index is 0.203. The Kier molecular flexibility index (Phi) is 5.13. The fraction of sp³-hybridized carbons (Fsp3) is 0.500. The van der Waals surface area contributed by atoms with Gasteiger partial charge in [-0.25, -0.2) is 4.98 Å². The molecule has 1 atom stereocenters. The Morgan fingerprint density at radius 2 is 2.33 bits per heavy atom. The molecule has 0 spiro atoms. The van der Waals surface area contributed by atoms with Gasteiger partial charge in [0.2, 0.25) is 5.91 Å². The molecule has 1 aliphatic rings. The van der Waals surface area contributed by atoms with Crippen LogP contribution in [0.4, 0.5) is 0 Å². The summed E-state index contributed by atoms with van der Waals surface area (Å²) in [6.45, 7) is 3.45. The summed E-state index contributed by atoms with van der Waals surface area (Å²) in [5, 5.41) is 7.15. The summed E-state index contributed by atoms with van der Waals surface area (Å²) in [6.07, 6.45) is 3.30. The summed E-state index contributed by atoms with van der Waals surface area (Å²) in [6, 6.07) is 7.90. The van der Waals surface area contributed by atoms with Gasteiger partial charge in [-0.15, -0.1) is 0 Å². The number of aromatic amines is 1. The number of benzene rings is 1. The maximum atomic E-state index is 12.6. The van der Waals surface area contributed by atoms with Crippen LogP contribution in [0.1, 0.15) is 42.4 Å². The summed E-state index contributed by atoms with van der Waals surface area (Å²) >= 11 is 0. The topological polar surface area (TPSA) is 71.1 Å². The Balaban J connectivity index is 1.56. The third-order valence-corrected chi connectivity index (χ3v) is 4.52. The zero-order chi connectivity index (χ0) is 16.9. The van der Waals surface area contributed by atoms with Crippen molar-refractivity contribution < 1.29 is 9.53 Å². The number of piperidine rings is 1. The van der Waals surface area contributed by atoms with E-state index in [0.717, 1.165) is 48.8 Å². The minimum absolute atomic E-state index is 0.203. The number of aryl methyl sites for hydroxylation is 2. The van der Waals surface area contributed by atoms with Gasteiger partial charge in [-0.1, -0.05) is 12.1 Å². The smallest absolute Gasteiger partial charge is 0.222 e. The van der Waals surface area contributed by atoms with Gasteiger partial charge in [0.1, 0.15) is 11.6 Å². The van der Waals surface area contributed by atoms with Crippen molar-refractivity contribution in [1.82, 2.24) is 20.1 Å². The zero-order valence-electron chi connectivity index (χ0n) is 14.3. The van der Waals surface area contributed by atoms with Crippen LogP contribution in [-0.4, -0.2) is 46.2 Å². The molecule has 0 unspecified atom stereocenters. The molecule has 1 saturated heterocycles. The van der Waals surface area contributed by atoms with Crippen molar-refractivity contribution in [3.63, 3.8) is 0 Å². The lowest BCUT2D eigenvalue weighted by Crippen LogP contribution is -2.39. The number of carbonyl (C=O) groups is 1. The van der Waals surface area contributed by atoms with Gasteiger partial charge in [0, 0.05) is 25.4 Å². The van der Waals surface area contributed by atoms with Crippen molar-refractivity contribution in [2.24, 2.45) is 0 Å². The molecule has 0 bridgehead atoms. The van der Waals surface area contributed by atoms with Crippen LogP contribution in [0.25, 0.3) is 0 Å². The average Bonchev–Trinajstić information content (AvgIpc) is 3.06. The number of nitrogens with one attached hydrogen (secondary N) is 1. The highest BCUT2D eigenvalue weighted by molar-refractivity contribution is 5.76. The van der Waals surface area contributed by atoms with Crippen LogP contribution in [0.3, 0.4) is 0 Å². The molecule has 3 rings (SSSR count). The Labute approximate surface area is 142 Å². The molecule has 1 amide bonds. The number of likely N-dealkylation sites (tertiary alicyclic amines) is 1. The second kappa shape index (κ2) is 7.47. The van der Waals surface area contributed by atoms with Crippen molar-refractivity contribution in [3.8, 4) is 5.75 Å². The second-order valence-corrected chi connectivity index (χ2v) is 6.31. The molecule has 6 heteroatoms. The Bertz CT molecular complexity index is 698. The van der Waals surface area contributed by atoms with Gasteiger partial charge < -0.3 is 9.64 Å². The molecule has 1 fully saturated rings. The number of H-pyrrole nitrogens is 1. The Hall–Kier alpha value is -2.37. The zero-order valence-corrected chi connectivity index (χ0v) is 14.3. The highest BCUT2D eigenvalue weighted by atomic mass is 16.5. The predicted molar refractivity (Wildman–Crippen MR) is 91.0 cm³/mol. The molecule has 24 heavy (non-hydrogen) atoms. The molecule has 6 nitrogen and oxygen atoms in total. The molecule has 0 saturated carbocycles. The number of nitrogens with zero attached hydrogens (tertiary/aromatic N) is 3. The molecule has 128 valence electrons. The van der Waals surface area contributed by atoms with E-state index in [2.05, 4.69) is 15.2 Å². The molecule has 2 aromatic rings. The number of hydrogen-bond donors (Lipinski definition) is 1. The maximum absolute atomic E-state index is 12.6. The second-order valence-electron chi connectivity index (χ2n) is 6.31. The molecular weight excluding hydrogens is 304 g/mol. The van der Waals surface area contributed by atoms with Crippen molar-refractivity contribution in [3.05, 3.63) is 41.5 Å². The molecule has 0 aliphatic carbocycles. The van der Waals surface area contributed by atoms with E-state index in [4.69, 9.17) is 4.74 Å². The van der Waals surface area contributed by atoms with Gasteiger partial charge in [0.15, 0.2) is 5.82 Å². The predicted octanol–water partition coefficient (Wildman–Crippen LogP) is 2.46. The first kappa shape index (κ1) is 16.5. The van der Waals surface area contributed by atoms with Crippen molar-refractivity contribution in [1.29, 1.82) is 0 Å². The Morgan fingerprint density at radius 1 is 1.46 bits per heavy atom. The van der Waals surface area contributed by atoms with Crippen LogP contribution < -0.4 is 4.74 Å². The first-order valence-corrected chi connectivity index (χ1v) is 8.45. The normalized spacial score (nSPS) is 17.8. The van der Waals surface area contributed by atoms with Gasteiger partial charge in [0.25, 0.3) is 0 Å². The summed E-state index contributed by atoms with van der Waals surface area (Å²) < 4.78 is 5.23. The molecule has 1 aromatic heterocycles. The highest BCUT2D eigenvalue weighted by Gasteiger charge is 2.26. The van der Waals surface area contributed by atoms with E-state index in [1.54, 1.807) is 7.11 Å². The van der Waals surface area contributed by atoms with Crippen LogP contribution in [0, 0.1) is 6.92 Å². The lowest BCUT2D eigenvalue weighted by Gasteiger charge is -2.31. The number of amides is 1. The summed E-state index contributed by atoms with van der Waals surface area (Å²) in [4.78, 5) is 18.9. The SMILES string of the molecule is COc1cccc(CCC(=O)N2CCC[C@H](c3n[nH]c(C)n3)C2)c1. The van der Waals surface area contributed by atoms with E-state index in [1.165, 1.54) is 0 Å². The molecule has 1 aromatic carbocycles. The minimum Gasteiger partial charge on any atom is -0.497 e. The van der Waals surface area contributed by atoms with Crippen LogP contribution in [-0.2, 0) is 11.2 Å². The monoisotopic (exact) mass is 328 g/mol. The summed E-state index contributed by atoms with van der Waals surface area (Å²) in [7, 11) is 1.66. The lowest BCUT2D eigenvalue weighted by atomic mass is 9.97. The van der Waals surface area contributed by atoms with Gasteiger partial charge in [-0.05, 0) is 43.9 Å². The van der Waals surface area contributed by atoms with Crippen molar-refractivity contribution >= 4 is 5.91 Å². The number of hydrogen-bond acceptors (Lipinski definition) is 4. The van der Waals surface area contributed by atoms with Crippen molar-refractivity contribution in [2.45, 2.75) is 38.5 Å². The largest absolute Gasteiger partial charge is 0.497 e. The van der Waals surface area contributed by atoms with Gasteiger partial charge >= 0.3 is 0 Å². The Morgan fingerprint density at radius 3 is 3.08 bits per heavy atom. The molecule has 0 radical (unpaired) electrons. The van der Waals surface area contributed by atoms with Gasteiger partial charge in [-0.3, -0.25) is 9.89 Å². The number of aromatic nitrogens is 3. The maximum Gasteiger partial charge on any atom is 0.222 e. The van der Waals surface area contributed by atoms with Crippen molar-refractivity contribution in [2.75, 3.05) is 20.2 Å². The molecule has 1 aliphatic heterocycles. The van der Waals surface area contributed by atoms with E-state index in [-0.39, 0.29) is 11.8 Å². The van der Waals surface area contributed by atoms with Gasteiger partial charge in [0.05, 0.1) is 7.11 Å². The molecular formula is C18H24N4O2. The van der Waals surface area contributed by atoms with Crippen LogP contribution in [0.5, 0.6) is 5.75 Å². The van der Waals surface area contributed by atoms with Gasteiger partial charge in [-0.2, -0.15) is 5.10 Å². The van der Waals surface area contributed by atoms with E-state index < -0.39 is 0 Å².